The molecule has 0 aromatic heterocycles. The molecule has 5 heteroatoms. The van der Waals surface area contributed by atoms with Gasteiger partial charge in [-0.15, -0.1) is 0 Å². The molecule has 3 rings (SSSR count). The lowest BCUT2D eigenvalue weighted by Gasteiger charge is -2.19. The molecule has 1 atom stereocenters. The van der Waals surface area contributed by atoms with Gasteiger partial charge in [0.15, 0.2) is 6.10 Å². The first kappa shape index (κ1) is 17.8. The highest BCUT2D eigenvalue weighted by Gasteiger charge is 2.33. The molecule has 0 saturated carbocycles. The van der Waals surface area contributed by atoms with Gasteiger partial charge < -0.3 is 9.47 Å². The van der Waals surface area contributed by atoms with Crippen LogP contribution < -0.4 is 9.64 Å². The summed E-state index contributed by atoms with van der Waals surface area (Å²) in [5.74, 6) is 0.749. The molecule has 1 aliphatic heterocycles. The number of ether oxygens (including phenoxy) is 2. The van der Waals surface area contributed by atoms with E-state index in [-0.39, 0.29) is 18.1 Å². The lowest BCUT2D eigenvalue weighted by molar-refractivity contribution is 0.105. The molecule has 1 amide bonds. The monoisotopic (exact) mass is 350 g/mol. The summed E-state index contributed by atoms with van der Waals surface area (Å²) in [6.45, 7) is 7.17. The van der Waals surface area contributed by atoms with Gasteiger partial charge in [0.2, 0.25) is 0 Å². The number of nitriles is 1. The van der Waals surface area contributed by atoms with Crippen LogP contribution in [0.5, 0.6) is 5.75 Å². The van der Waals surface area contributed by atoms with E-state index >= 15 is 0 Å². The average Bonchev–Trinajstić information content (AvgIpc) is 3.00. The van der Waals surface area contributed by atoms with Crippen LogP contribution in [0.15, 0.2) is 48.5 Å². The number of benzene rings is 2. The van der Waals surface area contributed by atoms with Crippen molar-refractivity contribution in [3.63, 3.8) is 0 Å². The maximum atomic E-state index is 12.1. The van der Waals surface area contributed by atoms with E-state index in [1.165, 1.54) is 10.5 Å². The fourth-order valence-corrected chi connectivity index (χ4v) is 2.80. The third-order valence-corrected chi connectivity index (χ3v) is 4.32. The molecule has 26 heavy (non-hydrogen) atoms. The van der Waals surface area contributed by atoms with Crippen LogP contribution in [0.2, 0.25) is 0 Å². The van der Waals surface area contributed by atoms with Crippen LogP contribution in [0, 0.1) is 11.3 Å². The van der Waals surface area contributed by atoms with Gasteiger partial charge in [-0.1, -0.05) is 39.0 Å². The van der Waals surface area contributed by atoms with E-state index in [9.17, 15) is 4.79 Å². The number of anilines is 1. The third-order valence-electron chi connectivity index (χ3n) is 4.32. The lowest BCUT2D eigenvalue weighted by atomic mass is 9.87. The van der Waals surface area contributed by atoms with Crippen LogP contribution in [0.3, 0.4) is 0 Å². The van der Waals surface area contributed by atoms with Gasteiger partial charge in [-0.3, -0.25) is 4.90 Å². The summed E-state index contributed by atoms with van der Waals surface area (Å²) in [6, 6.07) is 17.0. The number of cyclic esters (lactones) is 1. The van der Waals surface area contributed by atoms with E-state index in [4.69, 9.17) is 14.7 Å². The number of hydrogen-bond acceptors (Lipinski definition) is 4. The molecule has 0 spiro atoms. The topological polar surface area (TPSA) is 62.6 Å². The lowest BCUT2D eigenvalue weighted by Crippen LogP contribution is -2.26. The largest absolute Gasteiger partial charge is 0.490 e. The predicted octanol–water partition coefficient (Wildman–Crippen LogP) is 4.26. The number of hydrogen-bond donors (Lipinski definition) is 0. The van der Waals surface area contributed by atoms with Crippen LogP contribution in [-0.4, -0.2) is 25.3 Å². The maximum Gasteiger partial charge on any atom is 0.414 e. The van der Waals surface area contributed by atoms with E-state index in [0.29, 0.717) is 17.8 Å². The summed E-state index contributed by atoms with van der Waals surface area (Å²) in [7, 11) is 0. The van der Waals surface area contributed by atoms with Crippen molar-refractivity contribution in [2.24, 2.45) is 0 Å². The van der Waals surface area contributed by atoms with Crippen molar-refractivity contribution in [1.82, 2.24) is 0 Å². The van der Waals surface area contributed by atoms with Crippen molar-refractivity contribution in [2.75, 3.05) is 18.1 Å². The number of carbonyl (C=O) groups is 1. The molecule has 134 valence electrons. The Morgan fingerprint density at radius 2 is 1.96 bits per heavy atom. The van der Waals surface area contributed by atoms with Gasteiger partial charge in [0.05, 0.1) is 18.2 Å². The average molecular weight is 350 g/mol. The summed E-state index contributed by atoms with van der Waals surface area (Å²) in [6.07, 6.45) is -0.771. The molecule has 1 saturated heterocycles. The Balaban J connectivity index is 1.60. The number of carbonyl (C=O) groups excluding carboxylic acids is 1. The zero-order chi connectivity index (χ0) is 18.7. The van der Waals surface area contributed by atoms with E-state index in [2.05, 4.69) is 39.0 Å². The second-order valence-corrected chi connectivity index (χ2v) is 7.36. The minimum absolute atomic E-state index is 0.0952. The fraction of sp³-hybridized carbons (Fsp3) is 0.333. The predicted molar refractivity (Wildman–Crippen MR) is 99.4 cm³/mol. The standard InChI is InChI=1S/C21H22N2O3/c1-21(2,3)16-7-9-18(10-8-16)25-14-19-13-23(20(24)26-19)17-6-4-5-15(11-17)12-22/h4-11,19H,13-14H2,1-3H3/t19-/m0/s1. The summed E-state index contributed by atoms with van der Waals surface area (Å²) >= 11 is 0. The second-order valence-electron chi connectivity index (χ2n) is 7.36. The Morgan fingerprint density at radius 3 is 2.62 bits per heavy atom. The molecule has 2 aromatic carbocycles. The van der Waals surface area contributed by atoms with Crippen molar-refractivity contribution < 1.29 is 14.3 Å². The van der Waals surface area contributed by atoms with Gasteiger partial charge in [-0.25, -0.2) is 4.79 Å². The molecule has 1 fully saturated rings. The van der Waals surface area contributed by atoms with Gasteiger partial charge >= 0.3 is 6.09 Å². The third kappa shape index (κ3) is 3.97. The molecular weight excluding hydrogens is 328 g/mol. The van der Waals surface area contributed by atoms with Gasteiger partial charge in [0.25, 0.3) is 0 Å². The number of amides is 1. The Hall–Kier alpha value is -3.00. The number of nitrogens with zero attached hydrogens (tertiary/aromatic N) is 2. The molecule has 0 bridgehead atoms. The quantitative estimate of drug-likeness (QED) is 0.826. The van der Waals surface area contributed by atoms with Crippen LogP contribution >= 0.6 is 0 Å². The first-order valence-corrected chi connectivity index (χ1v) is 8.58. The van der Waals surface area contributed by atoms with Crippen molar-refractivity contribution in [1.29, 1.82) is 5.26 Å². The summed E-state index contributed by atoms with van der Waals surface area (Å²) in [5, 5.41) is 9.00. The van der Waals surface area contributed by atoms with Crippen molar-refractivity contribution in [3.05, 3.63) is 59.7 Å². The summed E-state index contributed by atoms with van der Waals surface area (Å²) < 4.78 is 11.2. The van der Waals surface area contributed by atoms with Crippen LogP contribution in [-0.2, 0) is 10.2 Å². The van der Waals surface area contributed by atoms with Crippen LogP contribution in [0.25, 0.3) is 0 Å². The first-order valence-electron chi connectivity index (χ1n) is 8.58. The summed E-state index contributed by atoms with van der Waals surface area (Å²) in [5.41, 5.74) is 2.50. The maximum absolute atomic E-state index is 12.1. The van der Waals surface area contributed by atoms with E-state index < -0.39 is 6.09 Å². The highest BCUT2D eigenvalue weighted by Crippen LogP contribution is 2.26. The smallest absolute Gasteiger partial charge is 0.414 e. The Kier molecular flexibility index (Phi) is 4.85. The van der Waals surface area contributed by atoms with Crippen LogP contribution in [0.4, 0.5) is 10.5 Å². The highest BCUT2D eigenvalue weighted by atomic mass is 16.6. The molecule has 0 radical (unpaired) electrons. The highest BCUT2D eigenvalue weighted by molar-refractivity contribution is 5.89. The minimum atomic E-state index is -0.420. The zero-order valence-corrected chi connectivity index (χ0v) is 15.2. The molecular formula is C21H22N2O3. The molecule has 1 heterocycles. The molecule has 2 aromatic rings. The van der Waals surface area contributed by atoms with E-state index in [1.807, 2.05) is 12.1 Å². The van der Waals surface area contributed by atoms with E-state index in [0.717, 1.165) is 5.75 Å². The minimum Gasteiger partial charge on any atom is -0.490 e. The van der Waals surface area contributed by atoms with Crippen LogP contribution in [0.1, 0.15) is 31.9 Å². The van der Waals surface area contributed by atoms with Crippen molar-refractivity contribution in [2.45, 2.75) is 32.3 Å². The van der Waals surface area contributed by atoms with Gasteiger partial charge in [0, 0.05) is 5.69 Å². The number of rotatable bonds is 4. The zero-order valence-electron chi connectivity index (χ0n) is 15.2. The van der Waals surface area contributed by atoms with Gasteiger partial charge in [0.1, 0.15) is 12.4 Å². The Labute approximate surface area is 153 Å². The van der Waals surface area contributed by atoms with Gasteiger partial charge in [-0.2, -0.15) is 5.26 Å². The Morgan fingerprint density at radius 1 is 1.23 bits per heavy atom. The first-order chi connectivity index (χ1) is 12.4. The SMILES string of the molecule is CC(C)(C)c1ccc(OC[C@@H]2CN(c3cccc(C#N)c3)C(=O)O2)cc1. The fourth-order valence-electron chi connectivity index (χ4n) is 2.80. The van der Waals surface area contributed by atoms with Gasteiger partial charge in [-0.05, 0) is 41.3 Å². The summed E-state index contributed by atoms with van der Waals surface area (Å²) in [4.78, 5) is 13.6. The van der Waals surface area contributed by atoms with Crippen molar-refractivity contribution >= 4 is 11.8 Å². The normalized spacial score (nSPS) is 16.9. The molecule has 0 aliphatic carbocycles. The Bertz CT molecular complexity index is 832. The molecule has 1 aliphatic rings. The molecule has 0 unspecified atom stereocenters. The van der Waals surface area contributed by atoms with E-state index in [1.54, 1.807) is 24.3 Å². The van der Waals surface area contributed by atoms with Crippen molar-refractivity contribution in [3.8, 4) is 11.8 Å². The molecule has 5 nitrogen and oxygen atoms in total. The second kappa shape index (κ2) is 7.09. The molecule has 0 N–H and O–H groups in total.